The Morgan fingerprint density at radius 3 is 2.75 bits per heavy atom. The quantitative estimate of drug-likeness (QED) is 0.936. The number of anilines is 2. The molecule has 5 heteroatoms. The van der Waals surface area contributed by atoms with E-state index in [1.165, 1.54) is 29.5 Å². The summed E-state index contributed by atoms with van der Waals surface area (Å²) in [4.78, 5) is 14.1. The van der Waals surface area contributed by atoms with Crippen LogP contribution in [0.4, 0.5) is 11.8 Å². The summed E-state index contributed by atoms with van der Waals surface area (Å²) in [5.74, 6) is 2.72. The van der Waals surface area contributed by atoms with Crippen molar-refractivity contribution in [1.82, 2.24) is 9.97 Å². The molecule has 1 aliphatic heterocycles. The van der Waals surface area contributed by atoms with Crippen LogP contribution in [0.3, 0.4) is 0 Å². The van der Waals surface area contributed by atoms with Crippen molar-refractivity contribution in [1.29, 1.82) is 0 Å². The van der Waals surface area contributed by atoms with E-state index in [-0.39, 0.29) is 0 Å². The summed E-state index contributed by atoms with van der Waals surface area (Å²) in [5.41, 5.74) is 0. The minimum absolute atomic E-state index is 0.729. The molecule has 0 spiro atoms. The zero-order chi connectivity index (χ0) is 14.1. The van der Waals surface area contributed by atoms with Crippen molar-refractivity contribution >= 4 is 33.3 Å². The van der Waals surface area contributed by atoms with Gasteiger partial charge in [0.25, 0.3) is 0 Å². The highest BCUT2D eigenvalue weighted by atomic mass is 32.1. The summed E-state index contributed by atoms with van der Waals surface area (Å²) in [6.45, 7) is 6.66. The van der Waals surface area contributed by atoms with E-state index >= 15 is 0 Å². The SMILES string of the molecule is CCC1CCN(c2nc(NC)nc3sc(C)cc23)CC1. The highest BCUT2D eigenvalue weighted by molar-refractivity contribution is 7.18. The van der Waals surface area contributed by atoms with Crippen LogP contribution in [0, 0.1) is 12.8 Å². The third-order valence-electron chi connectivity index (χ3n) is 4.21. The molecule has 0 saturated carbocycles. The summed E-state index contributed by atoms with van der Waals surface area (Å²) >= 11 is 1.75. The smallest absolute Gasteiger partial charge is 0.225 e. The molecule has 1 fully saturated rings. The van der Waals surface area contributed by atoms with Crippen molar-refractivity contribution in [2.24, 2.45) is 5.92 Å². The Hall–Kier alpha value is -1.36. The molecule has 0 aromatic carbocycles. The van der Waals surface area contributed by atoms with Crippen LogP contribution in [0.25, 0.3) is 10.2 Å². The number of hydrogen-bond donors (Lipinski definition) is 1. The number of piperidine rings is 1. The second-order valence-corrected chi connectivity index (χ2v) is 6.77. The first-order chi connectivity index (χ1) is 9.71. The maximum atomic E-state index is 4.72. The molecule has 1 saturated heterocycles. The normalized spacial score (nSPS) is 16.9. The number of hydrogen-bond acceptors (Lipinski definition) is 5. The maximum absolute atomic E-state index is 4.72. The molecule has 20 heavy (non-hydrogen) atoms. The van der Waals surface area contributed by atoms with Gasteiger partial charge in [0.15, 0.2) is 0 Å². The molecule has 4 nitrogen and oxygen atoms in total. The maximum Gasteiger partial charge on any atom is 0.225 e. The average molecular weight is 290 g/mol. The molecule has 1 N–H and O–H groups in total. The number of fused-ring (bicyclic) bond motifs is 1. The van der Waals surface area contributed by atoms with E-state index < -0.39 is 0 Å². The summed E-state index contributed by atoms with van der Waals surface area (Å²) in [7, 11) is 1.88. The lowest BCUT2D eigenvalue weighted by Crippen LogP contribution is -2.34. The van der Waals surface area contributed by atoms with Gasteiger partial charge in [-0.05, 0) is 31.7 Å². The van der Waals surface area contributed by atoms with Crippen LogP contribution in [0.1, 0.15) is 31.1 Å². The molecule has 0 aliphatic carbocycles. The van der Waals surface area contributed by atoms with Gasteiger partial charge in [0.1, 0.15) is 10.6 Å². The number of rotatable bonds is 3. The third kappa shape index (κ3) is 2.46. The number of nitrogens with zero attached hydrogens (tertiary/aromatic N) is 3. The molecule has 3 rings (SSSR count). The average Bonchev–Trinajstić information content (AvgIpc) is 2.86. The van der Waals surface area contributed by atoms with E-state index in [0.717, 1.165) is 35.6 Å². The number of aromatic nitrogens is 2. The Kier molecular flexibility index (Phi) is 3.78. The molecule has 0 atom stereocenters. The van der Waals surface area contributed by atoms with Crippen LogP contribution in [0.2, 0.25) is 0 Å². The third-order valence-corrected chi connectivity index (χ3v) is 5.16. The van der Waals surface area contributed by atoms with Crippen molar-refractivity contribution < 1.29 is 0 Å². The Bertz CT molecular complexity index is 599. The Balaban J connectivity index is 1.97. The minimum atomic E-state index is 0.729. The molecule has 2 aromatic heterocycles. The van der Waals surface area contributed by atoms with E-state index in [1.54, 1.807) is 11.3 Å². The van der Waals surface area contributed by atoms with Gasteiger partial charge in [-0.2, -0.15) is 4.98 Å². The van der Waals surface area contributed by atoms with Crippen molar-refractivity contribution in [2.45, 2.75) is 33.1 Å². The fourth-order valence-electron chi connectivity index (χ4n) is 2.93. The standard InChI is InChI=1S/C15H22N4S/c1-4-11-5-7-19(8-6-11)13-12-9-10(2)20-14(12)18-15(16-3)17-13/h9,11H,4-8H2,1-3H3,(H,16,17,18). The highest BCUT2D eigenvalue weighted by Crippen LogP contribution is 2.33. The van der Waals surface area contributed by atoms with Gasteiger partial charge in [-0.1, -0.05) is 13.3 Å². The number of thiophene rings is 1. The van der Waals surface area contributed by atoms with Gasteiger partial charge in [0, 0.05) is 25.0 Å². The molecule has 0 amide bonds. The molecule has 3 heterocycles. The summed E-state index contributed by atoms with van der Waals surface area (Å²) < 4.78 is 0. The second-order valence-electron chi connectivity index (χ2n) is 5.54. The van der Waals surface area contributed by atoms with E-state index in [9.17, 15) is 0 Å². The molecular weight excluding hydrogens is 268 g/mol. The van der Waals surface area contributed by atoms with Crippen LogP contribution in [-0.4, -0.2) is 30.1 Å². The molecule has 2 aromatic rings. The molecule has 1 aliphatic rings. The summed E-state index contributed by atoms with van der Waals surface area (Å²) in [6.07, 6.45) is 3.85. The Morgan fingerprint density at radius 1 is 1.35 bits per heavy atom. The first kappa shape index (κ1) is 13.6. The van der Waals surface area contributed by atoms with Gasteiger partial charge in [-0.3, -0.25) is 0 Å². The monoisotopic (exact) mass is 290 g/mol. The second kappa shape index (κ2) is 5.56. The fourth-order valence-corrected chi connectivity index (χ4v) is 3.81. The van der Waals surface area contributed by atoms with Crippen LogP contribution < -0.4 is 10.2 Å². The van der Waals surface area contributed by atoms with Crippen molar-refractivity contribution in [3.05, 3.63) is 10.9 Å². The largest absolute Gasteiger partial charge is 0.357 e. The van der Waals surface area contributed by atoms with Gasteiger partial charge < -0.3 is 10.2 Å². The van der Waals surface area contributed by atoms with Crippen molar-refractivity contribution in [2.75, 3.05) is 30.4 Å². The zero-order valence-corrected chi connectivity index (χ0v) is 13.3. The molecule has 0 radical (unpaired) electrons. The molecule has 0 bridgehead atoms. The first-order valence-electron chi connectivity index (χ1n) is 7.42. The summed E-state index contributed by atoms with van der Waals surface area (Å²) in [6, 6.07) is 2.22. The van der Waals surface area contributed by atoms with Crippen molar-refractivity contribution in [3.8, 4) is 0 Å². The zero-order valence-electron chi connectivity index (χ0n) is 12.4. The lowest BCUT2D eigenvalue weighted by molar-refractivity contribution is 0.394. The van der Waals surface area contributed by atoms with Gasteiger partial charge in [-0.15, -0.1) is 11.3 Å². The lowest BCUT2D eigenvalue weighted by Gasteiger charge is -2.32. The highest BCUT2D eigenvalue weighted by Gasteiger charge is 2.22. The van der Waals surface area contributed by atoms with Crippen LogP contribution >= 0.6 is 11.3 Å². The van der Waals surface area contributed by atoms with E-state index in [2.05, 4.69) is 35.1 Å². The van der Waals surface area contributed by atoms with Crippen LogP contribution in [0.5, 0.6) is 0 Å². The lowest BCUT2D eigenvalue weighted by atomic mass is 9.94. The Labute approximate surface area is 124 Å². The van der Waals surface area contributed by atoms with Crippen molar-refractivity contribution in [3.63, 3.8) is 0 Å². The van der Waals surface area contributed by atoms with Gasteiger partial charge in [-0.25, -0.2) is 4.98 Å². The number of aryl methyl sites for hydroxylation is 1. The predicted molar refractivity (Wildman–Crippen MR) is 86.9 cm³/mol. The van der Waals surface area contributed by atoms with E-state index in [1.807, 2.05) is 7.05 Å². The molecular formula is C15H22N4S. The van der Waals surface area contributed by atoms with Crippen LogP contribution in [-0.2, 0) is 0 Å². The minimum Gasteiger partial charge on any atom is -0.357 e. The number of nitrogens with one attached hydrogen (secondary N) is 1. The van der Waals surface area contributed by atoms with Gasteiger partial charge in [0.2, 0.25) is 5.95 Å². The van der Waals surface area contributed by atoms with Gasteiger partial charge in [0.05, 0.1) is 5.39 Å². The topological polar surface area (TPSA) is 41.1 Å². The fraction of sp³-hybridized carbons (Fsp3) is 0.600. The van der Waals surface area contributed by atoms with E-state index in [0.29, 0.717) is 0 Å². The van der Waals surface area contributed by atoms with Crippen LogP contribution in [0.15, 0.2) is 6.07 Å². The predicted octanol–water partition coefficient (Wildman–Crippen LogP) is 3.67. The van der Waals surface area contributed by atoms with Gasteiger partial charge >= 0.3 is 0 Å². The molecule has 0 unspecified atom stereocenters. The molecule has 108 valence electrons. The Morgan fingerprint density at radius 2 is 2.10 bits per heavy atom. The van der Waals surface area contributed by atoms with E-state index in [4.69, 9.17) is 4.98 Å². The summed E-state index contributed by atoms with van der Waals surface area (Å²) in [5, 5.41) is 4.30. The first-order valence-corrected chi connectivity index (χ1v) is 8.23.